The molecule has 2 aromatic rings. The molecule has 0 bridgehead atoms. The van der Waals surface area contributed by atoms with Gasteiger partial charge in [-0.2, -0.15) is 0 Å². The molecular weight excluding hydrogens is 424 g/mol. The van der Waals surface area contributed by atoms with Crippen molar-refractivity contribution >= 4 is 11.5 Å². The van der Waals surface area contributed by atoms with Crippen molar-refractivity contribution < 1.29 is 28.8 Å². The summed E-state index contributed by atoms with van der Waals surface area (Å²) in [7, 11) is 1.63. The highest BCUT2D eigenvalue weighted by Gasteiger charge is 2.50. The van der Waals surface area contributed by atoms with Crippen molar-refractivity contribution in [3.63, 3.8) is 0 Å². The minimum Gasteiger partial charge on any atom is -0.496 e. The molecular formula is C25H28N2O6. The van der Waals surface area contributed by atoms with Gasteiger partial charge in [-0.3, -0.25) is 0 Å². The second-order valence-corrected chi connectivity index (χ2v) is 8.84. The highest BCUT2D eigenvalue weighted by Crippen LogP contribution is 2.57. The van der Waals surface area contributed by atoms with Crippen molar-refractivity contribution in [3.05, 3.63) is 53.8 Å². The van der Waals surface area contributed by atoms with Gasteiger partial charge >= 0.3 is 5.97 Å². The van der Waals surface area contributed by atoms with Crippen LogP contribution in [-0.4, -0.2) is 46.0 Å². The lowest BCUT2D eigenvalue weighted by Gasteiger charge is -2.37. The van der Waals surface area contributed by atoms with Gasteiger partial charge in [0.05, 0.1) is 31.2 Å². The van der Waals surface area contributed by atoms with Crippen LogP contribution in [-0.2, 0) is 16.1 Å². The van der Waals surface area contributed by atoms with Crippen molar-refractivity contribution in [2.45, 2.75) is 57.3 Å². The lowest BCUT2D eigenvalue weighted by atomic mass is 9.74. The van der Waals surface area contributed by atoms with Crippen LogP contribution in [0.15, 0.2) is 42.7 Å². The molecule has 3 heterocycles. The maximum Gasteiger partial charge on any atom is 0.374 e. The minimum absolute atomic E-state index is 0.0225. The van der Waals surface area contributed by atoms with E-state index in [1.165, 1.54) is 0 Å². The number of esters is 1. The van der Waals surface area contributed by atoms with E-state index in [1.807, 2.05) is 23.8 Å². The molecule has 3 aliphatic rings. The van der Waals surface area contributed by atoms with E-state index in [1.54, 1.807) is 38.7 Å². The quantitative estimate of drug-likeness (QED) is 0.693. The highest BCUT2D eigenvalue weighted by molar-refractivity contribution is 5.96. The number of hydrogen-bond donors (Lipinski definition) is 1. The molecule has 0 saturated heterocycles. The van der Waals surface area contributed by atoms with Gasteiger partial charge in [-0.05, 0) is 44.8 Å². The predicted molar refractivity (Wildman–Crippen MR) is 120 cm³/mol. The number of methoxy groups -OCH3 is 1. The first-order chi connectivity index (χ1) is 15.9. The van der Waals surface area contributed by atoms with Gasteiger partial charge in [0.2, 0.25) is 5.76 Å². The maximum atomic E-state index is 12.5. The Labute approximate surface area is 192 Å². The fraction of sp³-hybridized carbons (Fsp3) is 0.440. The van der Waals surface area contributed by atoms with Crippen LogP contribution in [0.25, 0.3) is 5.57 Å². The van der Waals surface area contributed by atoms with E-state index in [0.717, 1.165) is 29.5 Å². The van der Waals surface area contributed by atoms with Gasteiger partial charge in [0.15, 0.2) is 0 Å². The van der Waals surface area contributed by atoms with Gasteiger partial charge in [0.25, 0.3) is 0 Å². The zero-order valence-corrected chi connectivity index (χ0v) is 19.0. The van der Waals surface area contributed by atoms with Crippen LogP contribution in [0.1, 0.15) is 50.2 Å². The molecule has 174 valence electrons. The van der Waals surface area contributed by atoms with Gasteiger partial charge in [-0.1, -0.05) is 6.08 Å². The normalized spacial score (nSPS) is 26.4. The Morgan fingerprint density at radius 1 is 1.42 bits per heavy atom. The molecule has 1 saturated carbocycles. The topological polar surface area (TPSA) is 92.0 Å². The standard InChI is InChI=1S/C25H28N2O6/c1-4-31-24(28)19-12-15(7-10-27-11-9-26-14-27)20-17(32-19)13-18-21(22(20)30-3)16-6-5-8-25(2,29)23(16)33-18/h7,9,11-14,16,23,29H,4-6,8,10H2,1-3H3/b15-7+/t16-,23+,25-/m1/s1. The number of ether oxygens (including phenoxy) is 4. The number of rotatable bonds is 5. The van der Waals surface area contributed by atoms with Crippen molar-refractivity contribution in [2.75, 3.05) is 13.7 Å². The highest BCUT2D eigenvalue weighted by atomic mass is 16.6. The third-order valence-electron chi connectivity index (χ3n) is 6.60. The summed E-state index contributed by atoms with van der Waals surface area (Å²) in [5, 5.41) is 11.0. The van der Waals surface area contributed by atoms with Crippen LogP contribution in [0, 0.1) is 0 Å². The maximum absolute atomic E-state index is 12.5. The molecule has 1 aromatic heterocycles. The van der Waals surface area contributed by atoms with E-state index in [4.69, 9.17) is 18.9 Å². The van der Waals surface area contributed by atoms with E-state index in [-0.39, 0.29) is 24.4 Å². The molecule has 8 nitrogen and oxygen atoms in total. The Hall–Kier alpha value is -3.26. The van der Waals surface area contributed by atoms with Crippen molar-refractivity contribution in [1.82, 2.24) is 9.55 Å². The first-order valence-electron chi connectivity index (χ1n) is 11.3. The lowest BCUT2D eigenvalue weighted by Crippen LogP contribution is -2.47. The fourth-order valence-corrected chi connectivity index (χ4v) is 5.11. The third kappa shape index (κ3) is 3.68. The van der Waals surface area contributed by atoms with Crippen LogP contribution in [0.5, 0.6) is 17.2 Å². The van der Waals surface area contributed by atoms with Crippen molar-refractivity contribution in [3.8, 4) is 17.2 Å². The van der Waals surface area contributed by atoms with E-state index >= 15 is 0 Å². The van der Waals surface area contributed by atoms with E-state index in [9.17, 15) is 9.90 Å². The van der Waals surface area contributed by atoms with Gasteiger partial charge in [-0.15, -0.1) is 0 Å². The Kier molecular flexibility index (Phi) is 5.40. The Bertz CT molecular complexity index is 1130. The summed E-state index contributed by atoms with van der Waals surface area (Å²) in [4.78, 5) is 16.6. The number of carbonyl (C=O) groups is 1. The molecule has 5 rings (SSSR count). The molecule has 1 aromatic carbocycles. The van der Waals surface area contributed by atoms with E-state index in [2.05, 4.69) is 4.98 Å². The minimum atomic E-state index is -0.928. The number of carbonyl (C=O) groups excluding carboxylic acids is 1. The summed E-state index contributed by atoms with van der Waals surface area (Å²) < 4.78 is 25.3. The van der Waals surface area contributed by atoms with Crippen LogP contribution in [0.4, 0.5) is 0 Å². The molecule has 0 unspecified atom stereocenters. The van der Waals surface area contributed by atoms with Crippen molar-refractivity contribution in [1.29, 1.82) is 0 Å². The van der Waals surface area contributed by atoms with E-state index in [0.29, 0.717) is 30.2 Å². The first-order valence-corrected chi connectivity index (χ1v) is 11.3. The van der Waals surface area contributed by atoms with Crippen LogP contribution < -0.4 is 14.2 Å². The lowest BCUT2D eigenvalue weighted by molar-refractivity contribution is -0.141. The SMILES string of the molecule is CCOC(=O)C1=C/C(=C\Cn2ccnc2)c2c(cc3c(c2OC)[C@H]2CCC[C@@](C)(O)[C@H]2O3)O1. The molecule has 0 spiro atoms. The number of aromatic nitrogens is 2. The number of benzene rings is 1. The fourth-order valence-electron chi connectivity index (χ4n) is 5.11. The Balaban J connectivity index is 1.63. The van der Waals surface area contributed by atoms with Crippen LogP contribution >= 0.6 is 0 Å². The second kappa shape index (κ2) is 8.26. The molecule has 3 atom stereocenters. The van der Waals surface area contributed by atoms with Gasteiger partial charge < -0.3 is 28.6 Å². The molecule has 2 aliphatic heterocycles. The smallest absolute Gasteiger partial charge is 0.374 e. The molecule has 1 N–H and O–H groups in total. The number of imidazole rings is 1. The molecule has 0 amide bonds. The number of aliphatic hydroxyl groups is 1. The summed E-state index contributed by atoms with van der Waals surface area (Å²) in [5.74, 6) is 1.34. The molecule has 0 radical (unpaired) electrons. The largest absolute Gasteiger partial charge is 0.496 e. The van der Waals surface area contributed by atoms with Crippen LogP contribution in [0.3, 0.4) is 0 Å². The monoisotopic (exact) mass is 452 g/mol. The molecule has 1 fully saturated rings. The summed E-state index contributed by atoms with van der Waals surface area (Å²) in [6.45, 7) is 4.38. The van der Waals surface area contributed by atoms with Gasteiger partial charge in [0.1, 0.15) is 23.4 Å². The predicted octanol–water partition coefficient (Wildman–Crippen LogP) is 3.59. The zero-order valence-electron chi connectivity index (χ0n) is 19.0. The Morgan fingerprint density at radius 3 is 3.00 bits per heavy atom. The van der Waals surface area contributed by atoms with E-state index < -0.39 is 11.6 Å². The number of allylic oxidation sites excluding steroid dienone is 3. The molecule has 33 heavy (non-hydrogen) atoms. The molecule has 1 aliphatic carbocycles. The number of hydrogen-bond acceptors (Lipinski definition) is 7. The number of nitrogens with zero attached hydrogens (tertiary/aromatic N) is 2. The number of fused-ring (bicyclic) bond motifs is 4. The summed E-state index contributed by atoms with van der Waals surface area (Å²) in [6.07, 6.45) is 11.2. The Morgan fingerprint density at radius 2 is 2.27 bits per heavy atom. The molecule has 8 heteroatoms. The second-order valence-electron chi connectivity index (χ2n) is 8.84. The first kappa shape index (κ1) is 21.6. The third-order valence-corrected chi connectivity index (χ3v) is 6.60. The average molecular weight is 453 g/mol. The summed E-state index contributed by atoms with van der Waals surface area (Å²) >= 11 is 0. The average Bonchev–Trinajstić information content (AvgIpc) is 3.44. The summed E-state index contributed by atoms with van der Waals surface area (Å²) in [6, 6.07) is 1.80. The zero-order chi connectivity index (χ0) is 23.2. The van der Waals surface area contributed by atoms with Crippen molar-refractivity contribution in [2.24, 2.45) is 0 Å². The van der Waals surface area contributed by atoms with Crippen LogP contribution in [0.2, 0.25) is 0 Å². The summed E-state index contributed by atoms with van der Waals surface area (Å²) in [5.41, 5.74) is 1.58. The van der Waals surface area contributed by atoms with Gasteiger partial charge in [-0.25, -0.2) is 9.78 Å². The van der Waals surface area contributed by atoms with Gasteiger partial charge in [0, 0.05) is 36.5 Å².